The molecule has 0 radical (unpaired) electrons. The smallest absolute Gasteiger partial charge is 0.313 e. The van der Waals surface area contributed by atoms with Crippen LogP contribution in [0.4, 0.5) is 4.79 Å². The number of rotatable bonds is 2. The zero-order valence-electron chi connectivity index (χ0n) is 4.96. The molecule has 0 bridgehead atoms. The molecule has 1 aliphatic heterocycles. The second-order valence-electron chi connectivity index (χ2n) is 1.54. The fourth-order valence-corrected chi connectivity index (χ4v) is 0.489. The predicted octanol–water partition coefficient (Wildman–Crippen LogP) is 0.190. The van der Waals surface area contributed by atoms with Gasteiger partial charge in [0.25, 0.3) is 0 Å². The highest BCUT2D eigenvalue weighted by Crippen LogP contribution is 1.96. The van der Waals surface area contributed by atoms with Crippen LogP contribution < -0.4 is 5.32 Å². The van der Waals surface area contributed by atoms with E-state index in [2.05, 4.69) is 20.5 Å². The van der Waals surface area contributed by atoms with E-state index in [1.165, 1.54) is 0 Å². The molecule has 0 spiro atoms. The lowest BCUT2D eigenvalue weighted by molar-refractivity contribution is 0.257. The number of aliphatic imine (C=N–C) groups is 1. The van der Waals surface area contributed by atoms with Gasteiger partial charge in [0.05, 0.1) is 6.54 Å². The molecule has 2 amide bonds. The number of carbonyl (C=O) groups excluding carboxylic acids is 1. The topological polar surface area (TPSA) is 66.2 Å². The summed E-state index contributed by atoms with van der Waals surface area (Å²) in [6.45, 7) is 0.495. The number of likely N-dealkylation sites (N-methyl/N-ethyl adjacent to an activating group) is 1. The van der Waals surface area contributed by atoms with Crippen LogP contribution >= 0.6 is 0 Å². The van der Waals surface area contributed by atoms with Gasteiger partial charge < -0.3 is 5.32 Å². The quantitative estimate of drug-likeness (QED) is 0.573. The average Bonchev–Trinajstić information content (AvgIpc) is 2.17. The SMILES string of the molecule is CNCC1=NC(=O)N=N1. The highest BCUT2D eigenvalue weighted by atomic mass is 16.2. The summed E-state index contributed by atoms with van der Waals surface area (Å²) < 4.78 is 0. The van der Waals surface area contributed by atoms with E-state index in [1.54, 1.807) is 7.05 Å². The van der Waals surface area contributed by atoms with E-state index in [0.29, 0.717) is 12.4 Å². The fraction of sp³-hybridized carbons (Fsp3) is 0.500. The van der Waals surface area contributed by atoms with Crippen molar-refractivity contribution >= 4 is 11.9 Å². The Balaban J connectivity index is 2.53. The normalized spacial score (nSPS) is 16.6. The van der Waals surface area contributed by atoms with E-state index >= 15 is 0 Å². The van der Waals surface area contributed by atoms with Crippen molar-refractivity contribution in [1.82, 2.24) is 5.32 Å². The number of urea groups is 1. The van der Waals surface area contributed by atoms with Crippen LogP contribution in [-0.4, -0.2) is 25.5 Å². The molecule has 1 heterocycles. The standard InChI is InChI=1S/C4H6N4O/c1-5-2-3-6-4(9)8-7-3/h5H,2H2,1H3. The maximum absolute atomic E-state index is 10.3. The van der Waals surface area contributed by atoms with E-state index < -0.39 is 6.03 Å². The van der Waals surface area contributed by atoms with Crippen molar-refractivity contribution < 1.29 is 4.79 Å². The van der Waals surface area contributed by atoms with E-state index in [-0.39, 0.29) is 0 Å². The molecule has 48 valence electrons. The average molecular weight is 126 g/mol. The molecule has 0 aliphatic carbocycles. The largest absolute Gasteiger partial charge is 0.387 e. The zero-order valence-corrected chi connectivity index (χ0v) is 4.96. The molecule has 0 saturated heterocycles. The van der Waals surface area contributed by atoms with Gasteiger partial charge in [-0.15, -0.1) is 5.11 Å². The van der Waals surface area contributed by atoms with Crippen molar-refractivity contribution in [3.8, 4) is 0 Å². The molecule has 0 atom stereocenters. The second-order valence-corrected chi connectivity index (χ2v) is 1.54. The van der Waals surface area contributed by atoms with Crippen molar-refractivity contribution in [2.45, 2.75) is 0 Å². The Morgan fingerprint density at radius 1 is 1.56 bits per heavy atom. The third-order valence-corrected chi connectivity index (χ3v) is 0.811. The Hall–Kier alpha value is -1.10. The van der Waals surface area contributed by atoms with Gasteiger partial charge in [0, 0.05) is 0 Å². The first kappa shape index (κ1) is 6.03. The van der Waals surface area contributed by atoms with Gasteiger partial charge in [-0.25, -0.2) is 4.79 Å². The summed E-state index contributed by atoms with van der Waals surface area (Å²) in [4.78, 5) is 13.7. The van der Waals surface area contributed by atoms with Gasteiger partial charge in [-0.05, 0) is 7.05 Å². The van der Waals surface area contributed by atoms with E-state index in [1.807, 2.05) is 0 Å². The highest BCUT2D eigenvalue weighted by molar-refractivity contribution is 5.99. The highest BCUT2D eigenvalue weighted by Gasteiger charge is 2.07. The van der Waals surface area contributed by atoms with Crippen molar-refractivity contribution in [3.63, 3.8) is 0 Å². The third-order valence-electron chi connectivity index (χ3n) is 0.811. The first-order chi connectivity index (χ1) is 4.33. The molecule has 0 aromatic rings. The summed E-state index contributed by atoms with van der Waals surface area (Å²) in [5, 5.41) is 9.44. The Morgan fingerprint density at radius 2 is 2.33 bits per heavy atom. The summed E-state index contributed by atoms with van der Waals surface area (Å²) in [5.41, 5.74) is 0. The monoisotopic (exact) mass is 126 g/mol. The molecule has 5 nitrogen and oxygen atoms in total. The maximum atomic E-state index is 10.3. The van der Waals surface area contributed by atoms with E-state index in [4.69, 9.17) is 0 Å². The minimum atomic E-state index is -0.514. The van der Waals surface area contributed by atoms with Gasteiger partial charge in [-0.2, -0.15) is 4.99 Å². The maximum Gasteiger partial charge on any atom is 0.387 e. The van der Waals surface area contributed by atoms with Gasteiger partial charge in [-0.1, -0.05) is 5.11 Å². The third kappa shape index (κ3) is 1.39. The predicted molar refractivity (Wildman–Crippen MR) is 31.6 cm³/mol. The lowest BCUT2D eigenvalue weighted by atomic mass is 10.6. The second kappa shape index (κ2) is 2.45. The molecular formula is C4H6N4O. The van der Waals surface area contributed by atoms with Crippen LogP contribution in [0.15, 0.2) is 15.2 Å². The van der Waals surface area contributed by atoms with Gasteiger partial charge in [-0.3, -0.25) is 0 Å². The minimum Gasteiger partial charge on any atom is -0.313 e. The number of nitrogens with one attached hydrogen (secondary N) is 1. The van der Waals surface area contributed by atoms with Crippen molar-refractivity contribution in [3.05, 3.63) is 0 Å². The Morgan fingerprint density at radius 3 is 2.78 bits per heavy atom. The van der Waals surface area contributed by atoms with Crippen molar-refractivity contribution in [2.24, 2.45) is 15.2 Å². The molecule has 1 rings (SSSR count). The van der Waals surface area contributed by atoms with Crippen molar-refractivity contribution in [1.29, 1.82) is 0 Å². The van der Waals surface area contributed by atoms with Crippen LogP contribution in [-0.2, 0) is 0 Å². The van der Waals surface area contributed by atoms with Gasteiger partial charge >= 0.3 is 6.03 Å². The Bertz CT molecular complexity index is 183. The number of hydrogen-bond donors (Lipinski definition) is 1. The summed E-state index contributed by atoms with van der Waals surface area (Å²) in [6.07, 6.45) is 0. The molecule has 0 unspecified atom stereocenters. The number of amidine groups is 1. The molecule has 0 aromatic heterocycles. The summed E-state index contributed by atoms with van der Waals surface area (Å²) >= 11 is 0. The Kier molecular flexibility index (Phi) is 1.64. The van der Waals surface area contributed by atoms with Crippen LogP contribution in [0.5, 0.6) is 0 Å². The molecule has 1 aliphatic rings. The summed E-state index contributed by atoms with van der Waals surface area (Å²) in [6, 6.07) is -0.514. The van der Waals surface area contributed by atoms with Gasteiger partial charge in [0.1, 0.15) is 0 Å². The van der Waals surface area contributed by atoms with Gasteiger partial charge in [0.2, 0.25) is 0 Å². The van der Waals surface area contributed by atoms with Crippen LogP contribution in [0.1, 0.15) is 0 Å². The number of nitrogens with zero attached hydrogens (tertiary/aromatic N) is 3. The molecular weight excluding hydrogens is 120 g/mol. The summed E-state index contributed by atoms with van der Waals surface area (Å²) in [7, 11) is 1.75. The molecule has 5 heteroatoms. The van der Waals surface area contributed by atoms with Crippen LogP contribution in [0.3, 0.4) is 0 Å². The molecule has 0 saturated carbocycles. The molecule has 1 N–H and O–H groups in total. The van der Waals surface area contributed by atoms with E-state index in [9.17, 15) is 4.79 Å². The fourth-order valence-electron chi connectivity index (χ4n) is 0.489. The first-order valence-electron chi connectivity index (χ1n) is 2.51. The van der Waals surface area contributed by atoms with E-state index in [0.717, 1.165) is 0 Å². The molecule has 9 heavy (non-hydrogen) atoms. The molecule has 0 fully saturated rings. The number of amides is 2. The Labute approximate surface area is 51.9 Å². The minimum absolute atomic E-state index is 0.447. The first-order valence-corrected chi connectivity index (χ1v) is 2.51. The van der Waals surface area contributed by atoms with Gasteiger partial charge in [0.15, 0.2) is 5.84 Å². The van der Waals surface area contributed by atoms with Crippen molar-refractivity contribution in [2.75, 3.05) is 13.6 Å². The number of carbonyl (C=O) groups is 1. The lowest BCUT2D eigenvalue weighted by Crippen LogP contribution is -2.15. The molecule has 0 aromatic carbocycles. The van der Waals surface area contributed by atoms with Crippen LogP contribution in [0.25, 0.3) is 0 Å². The number of hydrogen-bond acceptors (Lipinski definition) is 3. The van der Waals surface area contributed by atoms with Crippen LogP contribution in [0.2, 0.25) is 0 Å². The number of azo groups is 1. The van der Waals surface area contributed by atoms with Crippen LogP contribution in [0, 0.1) is 0 Å². The zero-order chi connectivity index (χ0) is 6.69. The lowest BCUT2D eigenvalue weighted by Gasteiger charge is -1.88. The summed E-state index contributed by atoms with van der Waals surface area (Å²) in [5.74, 6) is 0.447.